The van der Waals surface area contributed by atoms with E-state index < -0.39 is 0 Å². The van der Waals surface area contributed by atoms with E-state index in [4.69, 9.17) is 5.73 Å². The minimum atomic E-state index is -0.0937. The molecular formula is C11H17NO. The second-order valence-electron chi connectivity index (χ2n) is 4.35. The molecule has 13 heavy (non-hydrogen) atoms. The SMILES string of the molecule is C=C[C@@H]1CCCCC2C(C(N)=O)C21. The van der Waals surface area contributed by atoms with Crippen LogP contribution in [0, 0.1) is 23.7 Å². The summed E-state index contributed by atoms with van der Waals surface area (Å²) in [5, 5.41) is 0. The van der Waals surface area contributed by atoms with Gasteiger partial charge in [-0.05, 0) is 30.6 Å². The van der Waals surface area contributed by atoms with E-state index >= 15 is 0 Å². The summed E-state index contributed by atoms with van der Waals surface area (Å²) in [7, 11) is 0. The molecule has 0 aromatic rings. The first kappa shape index (κ1) is 8.79. The van der Waals surface area contributed by atoms with Crippen LogP contribution in [0.4, 0.5) is 0 Å². The van der Waals surface area contributed by atoms with Crippen LogP contribution in [0.15, 0.2) is 12.7 Å². The molecule has 0 aliphatic heterocycles. The molecule has 2 N–H and O–H groups in total. The van der Waals surface area contributed by atoms with Gasteiger partial charge in [0.15, 0.2) is 0 Å². The lowest BCUT2D eigenvalue weighted by molar-refractivity contribution is -0.119. The molecule has 2 heteroatoms. The zero-order valence-corrected chi connectivity index (χ0v) is 7.91. The highest BCUT2D eigenvalue weighted by atomic mass is 16.1. The lowest BCUT2D eigenvalue weighted by Gasteiger charge is -2.08. The van der Waals surface area contributed by atoms with Gasteiger partial charge in [-0.3, -0.25) is 4.79 Å². The van der Waals surface area contributed by atoms with Crippen LogP contribution < -0.4 is 5.73 Å². The monoisotopic (exact) mass is 179 g/mol. The van der Waals surface area contributed by atoms with Crippen molar-refractivity contribution in [2.45, 2.75) is 25.7 Å². The number of allylic oxidation sites excluding steroid dienone is 1. The average molecular weight is 179 g/mol. The number of amides is 1. The first-order valence-corrected chi connectivity index (χ1v) is 5.17. The maximum absolute atomic E-state index is 11.1. The Balaban J connectivity index is 2.08. The molecule has 0 aromatic heterocycles. The predicted molar refractivity (Wildman–Crippen MR) is 51.8 cm³/mol. The third-order valence-corrected chi connectivity index (χ3v) is 3.68. The van der Waals surface area contributed by atoms with E-state index in [9.17, 15) is 4.79 Å². The normalized spacial score (nSPS) is 43.1. The molecule has 2 aliphatic carbocycles. The molecular weight excluding hydrogens is 162 g/mol. The number of hydrogen-bond acceptors (Lipinski definition) is 1. The van der Waals surface area contributed by atoms with Gasteiger partial charge < -0.3 is 5.73 Å². The third-order valence-electron chi connectivity index (χ3n) is 3.68. The van der Waals surface area contributed by atoms with Gasteiger partial charge in [-0.1, -0.05) is 18.9 Å². The van der Waals surface area contributed by atoms with Crippen LogP contribution in [0.3, 0.4) is 0 Å². The number of rotatable bonds is 2. The van der Waals surface area contributed by atoms with Crippen molar-refractivity contribution in [3.8, 4) is 0 Å². The van der Waals surface area contributed by atoms with Crippen LogP contribution >= 0.6 is 0 Å². The summed E-state index contributed by atoms with van der Waals surface area (Å²) < 4.78 is 0. The minimum Gasteiger partial charge on any atom is -0.369 e. The summed E-state index contributed by atoms with van der Waals surface area (Å²) in [6, 6.07) is 0. The maximum atomic E-state index is 11.1. The van der Waals surface area contributed by atoms with E-state index in [1.165, 1.54) is 25.7 Å². The van der Waals surface area contributed by atoms with Gasteiger partial charge in [-0.2, -0.15) is 0 Å². The van der Waals surface area contributed by atoms with Crippen LogP contribution in [0.25, 0.3) is 0 Å². The molecule has 1 amide bonds. The number of hydrogen-bond donors (Lipinski definition) is 1. The van der Waals surface area contributed by atoms with E-state index in [0.29, 0.717) is 17.8 Å². The van der Waals surface area contributed by atoms with E-state index in [-0.39, 0.29) is 11.8 Å². The highest BCUT2D eigenvalue weighted by molar-refractivity contribution is 5.80. The number of carbonyl (C=O) groups excluding carboxylic acids is 1. The molecule has 2 nitrogen and oxygen atoms in total. The highest BCUT2D eigenvalue weighted by Crippen LogP contribution is 2.56. The van der Waals surface area contributed by atoms with Crippen molar-refractivity contribution < 1.29 is 4.79 Å². The standard InChI is InChI=1S/C11H17NO/c1-2-7-5-3-4-6-8-9(7)10(8)11(12)13/h2,7-10H,1,3-6H2,(H2,12,13)/t7-,8?,9?,10?/m1/s1. The molecule has 72 valence electrons. The van der Waals surface area contributed by atoms with Crippen molar-refractivity contribution in [3.63, 3.8) is 0 Å². The largest absolute Gasteiger partial charge is 0.369 e. The minimum absolute atomic E-state index is 0.0937. The predicted octanol–water partition coefficient (Wildman–Crippen LogP) is 1.71. The molecule has 2 fully saturated rings. The molecule has 0 saturated heterocycles. The summed E-state index contributed by atoms with van der Waals surface area (Å²) in [5.41, 5.74) is 5.35. The van der Waals surface area contributed by atoms with Gasteiger partial charge in [0.05, 0.1) is 0 Å². The first-order valence-electron chi connectivity index (χ1n) is 5.17. The Bertz CT molecular complexity index is 234. The van der Waals surface area contributed by atoms with Crippen molar-refractivity contribution in [2.24, 2.45) is 29.4 Å². The number of primary amides is 1. The van der Waals surface area contributed by atoms with Crippen LogP contribution in [0.2, 0.25) is 0 Å². The fourth-order valence-corrected chi connectivity index (χ4v) is 2.98. The van der Waals surface area contributed by atoms with Gasteiger partial charge in [-0.25, -0.2) is 0 Å². The Hall–Kier alpha value is -0.790. The molecule has 4 atom stereocenters. The Morgan fingerprint density at radius 1 is 1.38 bits per heavy atom. The zero-order chi connectivity index (χ0) is 9.42. The molecule has 0 radical (unpaired) electrons. The molecule has 0 bridgehead atoms. The number of carbonyl (C=O) groups is 1. The van der Waals surface area contributed by atoms with E-state index in [1.54, 1.807) is 0 Å². The summed E-state index contributed by atoms with van der Waals surface area (Å²) in [6.45, 7) is 3.84. The molecule has 0 heterocycles. The molecule has 0 aromatic carbocycles. The second kappa shape index (κ2) is 3.17. The van der Waals surface area contributed by atoms with Gasteiger partial charge in [-0.15, -0.1) is 6.58 Å². The molecule has 0 spiro atoms. The molecule has 2 rings (SSSR count). The van der Waals surface area contributed by atoms with Gasteiger partial charge in [0, 0.05) is 5.92 Å². The summed E-state index contributed by atoms with van der Waals surface area (Å²) in [4.78, 5) is 11.1. The Labute approximate surface area is 79.2 Å². The van der Waals surface area contributed by atoms with Crippen molar-refractivity contribution >= 4 is 5.91 Å². The molecule has 3 unspecified atom stereocenters. The quantitative estimate of drug-likeness (QED) is 0.644. The fourth-order valence-electron chi connectivity index (χ4n) is 2.98. The van der Waals surface area contributed by atoms with E-state index in [2.05, 4.69) is 6.58 Å². The molecule has 2 aliphatic rings. The third kappa shape index (κ3) is 1.38. The summed E-state index contributed by atoms with van der Waals surface area (Å²) in [5.74, 6) is 1.75. The van der Waals surface area contributed by atoms with Crippen LogP contribution in [-0.2, 0) is 4.79 Å². The molecule has 2 saturated carbocycles. The first-order chi connectivity index (χ1) is 6.25. The van der Waals surface area contributed by atoms with E-state index in [1.807, 2.05) is 6.08 Å². The summed E-state index contributed by atoms with van der Waals surface area (Å²) >= 11 is 0. The van der Waals surface area contributed by atoms with Gasteiger partial charge >= 0.3 is 0 Å². The second-order valence-corrected chi connectivity index (χ2v) is 4.35. The number of fused-ring (bicyclic) bond motifs is 1. The van der Waals surface area contributed by atoms with Crippen molar-refractivity contribution in [1.29, 1.82) is 0 Å². The highest BCUT2D eigenvalue weighted by Gasteiger charge is 2.56. The van der Waals surface area contributed by atoms with Crippen molar-refractivity contribution in [1.82, 2.24) is 0 Å². The summed E-state index contributed by atoms with van der Waals surface area (Å²) in [6.07, 6.45) is 6.97. The maximum Gasteiger partial charge on any atom is 0.221 e. The smallest absolute Gasteiger partial charge is 0.221 e. The fraction of sp³-hybridized carbons (Fsp3) is 0.727. The van der Waals surface area contributed by atoms with Gasteiger partial charge in [0.2, 0.25) is 5.91 Å². The lowest BCUT2D eigenvalue weighted by Crippen LogP contribution is -2.17. The van der Waals surface area contributed by atoms with Crippen LogP contribution in [0.5, 0.6) is 0 Å². The Morgan fingerprint density at radius 2 is 2.08 bits per heavy atom. The Kier molecular flexibility index (Phi) is 2.14. The van der Waals surface area contributed by atoms with Crippen LogP contribution in [-0.4, -0.2) is 5.91 Å². The lowest BCUT2D eigenvalue weighted by atomic mass is 9.97. The van der Waals surface area contributed by atoms with Gasteiger partial charge in [0.25, 0.3) is 0 Å². The number of nitrogens with two attached hydrogens (primary N) is 1. The van der Waals surface area contributed by atoms with Gasteiger partial charge in [0.1, 0.15) is 0 Å². The average Bonchev–Trinajstić information content (AvgIpc) is 2.77. The van der Waals surface area contributed by atoms with Crippen molar-refractivity contribution in [3.05, 3.63) is 12.7 Å². The Morgan fingerprint density at radius 3 is 2.69 bits per heavy atom. The van der Waals surface area contributed by atoms with Crippen molar-refractivity contribution in [2.75, 3.05) is 0 Å². The zero-order valence-electron chi connectivity index (χ0n) is 7.91. The van der Waals surface area contributed by atoms with E-state index in [0.717, 1.165) is 0 Å². The van der Waals surface area contributed by atoms with Crippen LogP contribution in [0.1, 0.15) is 25.7 Å². The topological polar surface area (TPSA) is 43.1 Å².